The minimum atomic E-state index is -5.22. The first kappa shape index (κ1) is 21.9. The topological polar surface area (TPSA) is 125 Å². The molecule has 0 aromatic heterocycles. The van der Waals surface area contributed by atoms with E-state index >= 15 is 0 Å². The molecular weight excluding hydrogens is 469 g/mol. The fraction of sp³-hybridized carbons (Fsp3) is 0.300. The number of nitrogens with zero attached hydrogens (tertiary/aromatic N) is 3. The van der Waals surface area contributed by atoms with Crippen LogP contribution >= 0.6 is 27.5 Å². The van der Waals surface area contributed by atoms with Crippen LogP contribution in [0.3, 0.4) is 0 Å². The average molecular weight is 474 g/mol. The van der Waals surface area contributed by atoms with Crippen LogP contribution in [0.4, 0.5) is 43.4 Å². The SMILES string of the molecule is NC(=Nc1c([N+](=O)[O-])cc(C(F)(F)F)cc1[N+](=O)[O-])C(F)(Cl)C(F)(F)Br. The van der Waals surface area contributed by atoms with Crippen LogP contribution < -0.4 is 5.73 Å². The summed E-state index contributed by atoms with van der Waals surface area (Å²) in [5.74, 6) is -1.87. The van der Waals surface area contributed by atoms with E-state index in [9.17, 15) is 46.6 Å². The van der Waals surface area contributed by atoms with Crippen molar-refractivity contribution in [2.45, 2.75) is 16.1 Å². The molecule has 26 heavy (non-hydrogen) atoms. The zero-order valence-corrected chi connectivity index (χ0v) is 14.1. The van der Waals surface area contributed by atoms with Crippen molar-refractivity contribution >= 4 is 50.4 Å². The molecule has 0 radical (unpaired) electrons. The first-order valence-corrected chi connectivity index (χ1v) is 7.00. The maximum atomic E-state index is 13.8. The van der Waals surface area contributed by atoms with Crippen molar-refractivity contribution in [3.8, 4) is 0 Å². The molecule has 1 unspecified atom stereocenters. The number of nitrogens with two attached hydrogens (primary N) is 1. The summed E-state index contributed by atoms with van der Waals surface area (Å²) in [6.07, 6.45) is -5.22. The van der Waals surface area contributed by atoms with Gasteiger partial charge in [-0.2, -0.15) is 22.0 Å². The molecule has 0 bridgehead atoms. The molecule has 0 fully saturated rings. The molecule has 16 heteroatoms. The Morgan fingerprint density at radius 2 is 1.46 bits per heavy atom. The Hall–Kier alpha value is -2.16. The third-order valence-electron chi connectivity index (χ3n) is 2.70. The maximum Gasteiger partial charge on any atom is 0.416 e. The number of aliphatic imine (C=N–C) groups is 1. The smallest absolute Gasteiger partial charge is 0.383 e. The highest BCUT2D eigenvalue weighted by Gasteiger charge is 2.56. The minimum absolute atomic E-state index is 0.153. The van der Waals surface area contributed by atoms with Crippen LogP contribution in [0.15, 0.2) is 17.1 Å². The number of hydrogen-bond donors (Lipinski definition) is 1. The van der Waals surface area contributed by atoms with Crippen LogP contribution in [0.2, 0.25) is 0 Å². The second kappa shape index (κ2) is 6.86. The summed E-state index contributed by atoms with van der Waals surface area (Å²) in [6.45, 7) is 0. The van der Waals surface area contributed by atoms with Gasteiger partial charge in [0.05, 0.1) is 15.4 Å². The van der Waals surface area contributed by atoms with E-state index in [2.05, 4.69) is 4.99 Å². The number of halogens is 8. The third kappa shape index (κ3) is 4.32. The highest BCUT2D eigenvalue weighted by molar-refractivity contribution is 9.10. The van der Waals surface area contributed by atoms with Crippen molar-refractivity contribution in [2.75, 3.05) is 0 Å². The lowest BCUT2D eigenvalue weighted by molar-refractivity contribution is -0.392. The first-order chi connectivity index (χ1) is 11.5. The van der Waals surface area contributed by atoms with Crippen molar-refractivity contribution < 1.29 is 36.2 Å². The molecule has 0 heterocycles. The van der Waals surface area contributed by atoms with E-state index in [0.717, 1.165) is 0 Å². The van der Waals surface area contributed by atoms with Crippen LogP contribution in [0.1, 0.15) is 5.56 Å². The van der Waals surface area contributed by atoms with E-state index < -0.39 is 54.4 Å². The van der Waals surface area contributed by atoms with Gasteiger partial charge in [-0.3, -0.25) is 20.2 Å². The molecule has 1 aromatic rings. The Morgan fingerprint density at radius 3 is 1.73 bits per heavy atom. The molecule has 0 spiro atoms. The Labute approximate surface area is 152 Å². The summed E-state index contributed by atoms with van der Waals surface area (Å²) in [5.41, 5.74) is -1.64. The van der Waals surface area contributed by atoms with E-state index in [0.29, 0.717) is 0 Å². The molecule has 0 aliphatic carbocycles. The largest absolute Gasteiger partial charge is 0.416 e. The van der Waals surface area contributed by atoms with Gasteiger partial charge in [0, 0.05) is 12.1 Å². The van der Waals surface area contributed by atoms with Crippen molar-refractivity contribution in [1.82, 2.24) is 0 Å². The second-order valence-corrected chi connectivity index (χ2v) is 5.96. The molecule has 1 rings (SSSR count). The summed E-state index contributed by atoms with van der Waals surface area (Å²) in [4.78, 5) is 17.0. The zero-order chi connectivity index (χ0) is 20.7. The molecule has 0 aliphatic heterocycles. The molecular formula is C10H4BrClF6N4O4. The predicted molar refractivity (Wildman–Crippen MR) is 79.6 cm³/mol. The third-order valence-corrected chi connectivity index (χ3v) is 3.91. The summed E-state index contributed by atoms with van der Waals surface area (Å²) in [5, 5.41) is 17.6. The number of nitro groups is 2. The summed E-state index contributed by atoms with van der Waals surface area (Å²) in [6, 6.07) is -0.306. The van der Waals surface area contributed by atoms with Gasteiger partial charge in [0.2, 0.25) is 5.69 Å². The monoisotopic (exact) mass is 472 g/mol. The Balaban J connectivity index is 3.83. The van der Waals surface area contributed by atoms with Crippen LogP contribution in [0.5, 0.6) is 0 Å². The fourth-order valence-electron chi connectivity index (χ4n) is 1.50. The number of rotatable bonds is 5. The quantitative estimate of drug-likeness (QED) is 0.169. The molecule has 1 atom stereocenters. The van der Waals surface area contributed by atoms with Crippen molar-refractivity contribution in [1.29, 1.82) is 0 Å². The Kier molecular flexibility index (Phi) is 5.78. The lowest BCUT2D eigenvalue weighted by atomic mass is 10.1. The number of alkyl halides is 8. The Bertz CT molecular complexity index is 760. The number of benzene rings is 1. The van der Waals surface area contributed by atoms with Crippen molar-refractivity contribution in [3.05, 3.63) is 37.9 Å². The number of nitro benzene ring substituents is 2. The number of hydrogen-bond acceptors (Lipinski definition) is 5. The van der Waals surface area contributed by atoms with E-state index in [1.54, 1.807) is 0 Å². The maximum absolute atomic E-state index is 13.8. The van der Waals surface area contributed by atoms with Gasteiger partial charge in [-0.05, 0) is 15.9 Å². The molecule has 0 aliphatic rings. The first-order valence-electron chi connectivity index (χ1n) is 5.83. The predicted octanol–water partition coefficient (Wildman–Crippen LogP) is 4.40. The lowest BCUT2D eigenvalue weighted by Gasteiger charge is -2.22. The van der Waals surface area contributed by atoms with Gasteiger partial charge in [0.25, 0.3) is 0 Å². The molecule has 8 nitrogen and oxygen atoms in total. The molecule has 0 saturated heterocycles. The van der Waals surface area contributed by atoms with Gasteiger partial charge in [-0.15, -0.1) is 0 Å². The molecule has 1 aromatic carbocycles. The normalized spacial score (nSPS) is 15.5. The van der Waals surface area contributed by atoms with E-state index in [4.69, 9.17) is 17.3 Å². The van der Waals surface area contributed by atoms with E-state index in [-0.39, 0.29) is 12.1 Å². The lowest BCUT2D eigenvalue weighted by Crippen LogP contribution is -2.46. The van der Waals surface area contributed by atoms with Crippen LogP contribution in [0.25, 0.3) is 0 Å². The van der Waals surface area contributed by atoms with Crippen LogP contribution in [0, 0.1) is 20.2 Å². The minimum Gasteiger partial charge on any atom is -0.383 e. The Morgan fingerprint density at radius 1 is 1.08 bits per heavy atom. The number of amidine groups is 1. The highest BCUT2D eigenvalue weighted by Crippen LogP contribution is 2.45. The summed E-state index contributed by atoms with van der Waals surface area (Å²) in [7, 11) is 0. The summed E-state index contributed by atoms with van der Waals surface area (Å²) >= 11 is 6.37. The average Bonchev–Trinajstić information content (AvgIpc) is 2.44. The van der Waals surface area contributed by atoms with E-state index in [1.807, 2.05) is 0 Å². The van der Waals surface area contributed by atoms with Gasteiger partial charge in [0.15, 0.2) is 5.84 Å². The molecule has 144 valence electrons. The zero-order valence-electron chi connectivity index (χ0n) is 11.7. The fourth-order valence-corrected chi connectivity index (χ4v) is 1.74. The van der Waals surface area contributed by atoms with Gasteiger partial charge in [-0.25, -0.2) is 9.38 Å². The molecule has 2 N–H and O–H groups in total. The molecule has 0 amide bonds. The molecule has 0 saturated carbocycles. The van der Waals surface area contributed by atoms with Gasteiger partial charge < -0.3 is 5.73 Å². The van der Waals surface area contributed by atoms with Gasteiger partial charge in [-0.1, -0.05) is 11.6 Å². The standard InChI is InChI=1S/C10H4BrClF6N4O4/c11-10(17,18)8(12,13)7(19)20-6-4(21(23)24)1-3(9(14,15)16)2-5(6)22(25)26/h1-2H,(H2,19,20). The van der Waals surface area contributed by atoms with E-state index in [1.165, 1.54) is 15.9 Å². The highest BCUT2D eigenvalue weighted by atomic mass is 79.9. The summed E-state index contributed by atoms with van der Waals surface area (Å²) < 4.78 is 78.0. The second-order valence-electron chi connectivity index (χ2n) is 4.44. The van der Waals surface area contributed by atoms with Crippen molar-refractivity contribution in [2.24, 2.45) is 10.7 Å². The van der Waals surface area contributed by atoms with Crippen LogP contribution in [-0.4, -0.2) is 25.6 Å². The van der Waals surface area contributed by atoms with Gasteiger partial charge in [0.1, 0.15) is 0 Å². The van der Waals surface area contributed by atoms with Crippen molar-refractivity contribution in [3.63, 3.8) is 0 Å². The van der Waals surface area contributed by atoms with Crippen LogP contribution in [-0.2, 0) is 6.18 Å². The van der Waals surface area contributed by atoms with Gasteiger partial charge >= 0.3 is 27.5 Å².